The average molecular weight is 393 g/mol. The zero-order chi connectivity index (χ0) is 20.1. The maximum atomic E-state index is 11.6. The standard InChI is InChI=1S/C25H32N2O2/c1-29-25(28)22-10-8-20(9-11-22)21-12-14-24(15-13-21)27-17-5-16-26(18-19-27)23-6-3-2-4-7-23/h8-15,23H,2-7,16-19H2,1H3. The van der Waals surface area contributed by atoms with E-state index < -0.39 is 0 Å². The molecule has 1 aliphatic heterocycles. The number of esters is 1. The van der Waals surface area contributed by atoms with Crippen LogP contribution in [0.5, 0.6) is 0 Å². The molecule has 29 heavy (non-hydrogen) atoms. The highest BCUT2D eigenvalue weighted by molar-refractivity contribution is 5.90. The van der Waals surface area contributed by atoms with Gasteiger partial charge in [0.25, 0.3) is 0 Å². The van der Waals surface area contributed by atoms with Crippen molar-refractivity contribution >= 4 is 11.7 Å². The van der Waals surface area contributed by atoms with Crippen LogP contribution < -0.4 is 4.90 Å². The van der Waals surface area contributed by atoms with E-state index in [9.17, 15) is 4.79 Å². The van der Waals surface area contributed by atoms with Gasteiger partial charge < -0.3 is 9.64 Å². The molecule has 2 aromatic carbocycles. The predicted octanol–water partition coefficient (Wildman–Crippen LogP) is 4.99. The van der Waals surface area contributed by atoms with Gasteiger partial charge in [-0.3, -0.25) is 4.90 Å². The van der Waals surface area contributed by atoms with Gasteiger partial charge in [0.15, 0.2) is 0 Å². The molecule has 1 heterocycles. The number of benzene rings is 2. The van der Waals surface area contributed by atoms with Gasteiger partial charge in [0, 0.05) is 37.9 Å². The lowest BCUT2D eigenvalue weighted by Gasteiger charge is -2.33. The first-order chi connectivity index (χ1) is 14.2. The maximum absolute atomic E-state index is 11.6. The molecule has 0 amide bonds. The van der Waals surface area contributed by atoms with E-state index in [-0.39, 0.29) is 5.97 Å². The Morgan fingerprint density at radius 2 is 1.45 bits per heavy atom. The van der Waals surface area contributed by atoms with Crippen molar-refractivity contribution < 1.29 is 9.53 Å². The van der Waals surface area contributed by atoms with Crippen LogP contribution in [0.3, 0.4) is 0 Å². The lowest BCUT2D eigenvalue weighted by Crippen LogP contribution is -2.39. The number of nitrogens with zero attached hydrogens (tertiary/aromatic N) is 2. The summed E-state index contributed by atoms with van der Waals surface area (Å²) < 4.78 is 4.77. The summed E-state index contributed by atoms with van der Waals surface area (Å²) in [5.74, 6) is -0.296. The van der Waals surface area contributed by atoms with Crippen molar-refractivity contribution in [3.8, 4) is 11.1 Å². The van der Waals surface area contributed by atoms with Crippen LogP contribution in [0.15, 0.2) is 48.5 Å². The van der Waals surface area contributed by atoms with Crippen LogP contribution in [-0.4, -0.2) is 50.2 Å². The van der Waals surface area contributed by atoms with Crippen molar-refractivity contribution in [3.63, 3.8) is 0 Å². The second kappa shape index (κ2) is 9.45. The van der Waals surface area contributed by atoms with Crippen LogP contribution in [0.25, 0.3) is 11.1 Å². The zero-order valence-corrected chi connectivity index (χ0v) is 17.5. The fourth-order valence-corrected chi connectivity index (χ4v) is 4.79. The van der Waals surface area contributed by atoms with Crippen molar-refractivity contribution in [2.24, 2.45) is 0 Å². The van der Waals surface area contributed by atoms with E-state index in [1.54, 1.807) is 0 Å². The molecule has 2 fully saturated rings. The number of carbonyl (C=O) groups is 1. The Hall–Kier alpha value is -2.33. The third-order valence-corrected chi connectivity index (χ3v) is 6.49. The topological polar surface area (TPSA) is 32.8 Å². The summed E-state index contributed by atoms with van der Waals surface area (Å²) in [5, 5.41) is 0. The van der Waals surface area contributed by atoms with Crippen molar-refractivity contribution in [1.82, 2.24) is 4.90 Å². The van der Waals surface area contributed by atoms with Gasteiger partial charge in [0.2, 0.25) is 0 Å². The van der Waals surface area contributed by atoms with Gasteiger partial charge in [-0.1, -0.05) is 43.5 Å². The van der Waals surface area contributed by atoms with Gasteiger partial charge in [0.1, 0.15) is 0 Å². The molecule has 1 saturated carbocycles. The van der Waals surface area contributed by atoms with Crippen molar-refractivity contribution in [2.45, 2.75) is 44.6 Å². The molecule has 2 aromatic rings. The number of hydrogen-bond donors (Lipinski definition) is 0. The molecule has 0 radical (unpaired) electrons. The zero-order valence-electron chi connectivity index (χ0n) is 17.5. The fourth-order valence-electron chi connectivity index (χ4n) is 4.79. The Morgan fingerprint density at radius 3 is 2.10 bits per heavy atom. The average Bonchev–Trinajstić information content (AvgIpc) is 3.06. The number of methoxy groups -OCH3 is 1. The molecule has 1 saturated heterocycles. The summed E-state index contributed by atoms with van der Waals surface area (Å²) in [6.45, 7) is 4.67. The highest BCUT2D eigenvalue weighted by atomic mass is 16.5. The summed E-state index contributed by atoms with van der Waals surface area (Å²) in [4.78, 5) is 16.9. The number of anilines is 1. The Bertz CT molecular complexity index is 795. The lowest BCUT2D eigenvalue weighted by molar-refractivity contribution is 0.0601. The Labute approximate surface area is 174 Å². The first-order valence-corrected chi connectivity index (χ1v) is 11.0. The van der Waals surface area contributed by atoms with E-state index in [1.165, 1.54) is 70.0 Å². The van der Waals surface area contributed by atoms with E-state index in [0.29, 0.717) is 5.56 Å². The van der Waals surface area contributed by atoms with Gasteiger partial charge in [-0.15, -0.1) is 0 Å². The smallest absolute Gasteiger partial charge is 0.337 e. The molecule has 0 unspecified atom stereocenters. The van der Waals surface area contributed by atoms with Crippen molar-refractivity contribution in [1.29, 1.82) is 0 Å². The van der Waals surface area contributed by atoms with Gasteiger partial charge >= 0.3 is 5.97 Å². The predicted molar refractivity (Wildman–Crippen MR) is 118 cm³/mol. The van der Waals surface area contributed by atoms with Crippen LogP contribution >= 0.6 is 0 Å². The molecular formula is C25H32N2O2. The second-order valence-corrected chi connectivity index (χ2v) is 8.28. The molecule has 0 atom stereocenters. The van der Waals surface area contributed by atoms with Gasteiger partial charge in [-0.2, -0.15) is 0 Å². The second-order valence-electron chi connectivity index (χ2n) is 8.28. The van der Waals surface area contributed by atoms with E-state index >= 15 is 0 Å². The Balaban J connectivity index is 1.39. The molecule has 0 bridgehead atoms. The third kappa shape index (κ3) is 4.81. The molecule has 154 valence electrons. The van der Waals surface area contributed by atoms with Gasteiger partial charge in [-0.25, -0.2) is 4.79 Å². The first-order valence-electron chi connectivity index (χ1n) is 11.0. The maximum Gasteiger partial charge on any atom is 0.337 e. The van der Waals surface area contributed by atoms with E-state index in [4.69, 9.17) is 4.74 Å². The van der Waals surface area contributed by atoms with Crippen LogP contribution in [0.2, 0.25) is 0 Å². The molecule has 1 aliphatic carbocycles. The Kier molecular flexibility index (Phi) is 6.50. The third-order valence-electron chi connectivity index (χ3n) is 6.49. The van der Waals surface area contributed by atoms with Crippen LogP contribution in [0.4, 0.5) is 5.69 Å². The summed E-state index contributed by atoms with van der Waals surface area (Å²) >= 11 is 0. The summed E-state index contributed by atoms with van der Waals surface area (Å²) in [7, 11) is 1.41. The quantitative estimate of drug-likeness (QED) is 0.687. The normalized spacial score (nSPS) is 19.0. The molecule has 4 heteroatoms. The lowest BCUT2D eigenvalue weighted by atomic mass is 9.94. The van der Waals surface area contributed by atoms with Crippen LogP contribution in [0.1, 0.15) is 48.9 Å². The number of ether oxygens (including phenoxy) is 1. The SMILES string of the molecule is COC(=O)c1ccc(-c2ccc(N3CCCN(C4CCCCC4)CC3)cc2)cc1. The van der Waals surface area contributed by atoms with Crippen LogP contribution in [0, 0.1) is 0 Å². The molecule has 0 aromatic heterocycles. The number of hydrogen-bond acceptors (Lipinski definition) is 4. The van der Waals surface area contributed by atoms with Crippen LogP contribution in [-0.2, 0) is 4.74 Å². The Morgan fingerprint density at radius 1 is 0.793 bits per heavy atom. The minimum absolute atomic E-state index is 0.296. The van der Waals surface area contributed by atoms with E-state index in [1.807, 2.05) is 24.3 Å². The van der Waals surface area contributed by atoms with Gasteiger partial charge in [0.05, 0.1) is 12.7 Å². The summed E-state index contributed by atoms with van der Waals surface area (Å²) in [5.41, 5.74) is 4.18. The minimum Gasteiger partial charge on any atom is -0.465 e. The number of rotatable bonds is 4. The first kappa shape index (κ1) is 20.0. The summed E-state index contributed by atoms with van der Waals surface area (Å²) in [6, 6.07) is 17.3. The van der Waals surface area contributed by atoms with Gasteiger partial charge in [-0.05, 0) is 54.7 Å². The van der Waals surface area contributed by atoms with E-state index in [2.05, 4.69) is 34.1 Å². The highest BCUT2D eigenvalue weighted by Crippen LogP contribution is 2.27. The fraction of sp³-hybridized carbons (Fsp3) is 0.480. The minimum atomic E-state index is -0.296. The largest absolute Gasteiger partial charge is 0.465 e. The summed E-state index contributed by atoms with van der Waals surface area (Å²) in [6.07, 6.45) is 8.27. The van der Waals surface area contributed by atoms with Crippen molar-refractivity contribution in [3.05, 3.63) is 54.1 Å². The highest BCUT2D eigenvalue weighted by Gasteiger charge is 2.23. The molecule has 4 rings (SSSR count). The molecule has 0 N–H and O–H groups in total. The molecular weight excluding hydrogens is 360 g/mol. The monoisotopic (exact) mass is 392 g/mol. The number of carbonyl (C=O) groups excluding carboxylic acids is 1. The molecule has 2 aliphatic rings. The van der Waals surface area contributed by atoms with Crippen molar-refractivity contribution in [2.75, 3.05) is 38.2 Å². The molecule has 0 spiro atoms. The molecule has 4 nitrogen and oxygen atoms in total. The van der Waals surface area contributed by atoms with E-state index in [0.717, 1.165) is 24.7 Å².